The fourth-order valence-electron chi connectivity index (χ4n) is 2.69. The molecular weight excluding hydrogens is 309 g/mol. The van der Waals surface area contributed by atoms with Crippen molar-refractivity contribution >= 4 is 0 Å². The lowest BCUT2D eigenvalue weighted by Crippen LogP contribution is -2.41. The van der Waals surface area contributed by atoms with Gasteiger partial charge in [-0.1, -0.05) is 30.3 Å². The monoisotopic (exact) mass is 334 g/mol. The summed E-state index contributed by atoms with van der Waals surface area (Å²) in [5.74, 6) is 0. The molecule has 0 fully saturated rings. The van der Waals surface area contributed by atoms with Crippen LogP contribution in [0.1, 0.15) is 18.0 Å². The normalized spacial score (nSPS) is 15.2. The number of alkyl halides is 3. The molecule has 0 heterocycles. The highest BCUT2D eigenvalue weighted by molar-refractivity contribution is 5.19. The summed E-state index contributed by atoms with van der Waals surface area (Å²) in [6.45, 7) is -0.896. The van der Waals surface area contributed by atoms with Gasteiger partial charge in [0.25, 0.3) is 0 Å². The molecule has 1 aromatic rings. The van der Waals surface area contributed by atoms with E-state index in [0.29, 0.717) is 6.42 Å². The zero-order valence-electron chi connectivity index (χ0n) is 13.5. The molecule has 23 heavy (non-hydrogen) atoms. The van der Waals surface area contributed by atoms with Crippen molar-refractivity contribution in [3.8, 4) is 0 Å². The van der Waals surface area contributed by atoms with Gasteiger partial charge in [0.1, 0.15) is 0 Å². The topological polar surface area (TPSA) is 46.9 Å². The molecule has 0 bridgehead atoms. The third-order valence-electron chi connectivity index (χ3n) is 3.59. The molecule has 0 saturated heterocycles. The van der Waals surface area contributed by atoms with Gasteiger partial charge in [0.05, 0.1) is 12.6 Å². The van der Waals surface area contributed by atoms with Crippen LogP contribution < -0.4 is 0 Å². The molecule has 2 atom stereocenters. The van der Waals surface area contributed by atoms with Gasteiger partial charge < -0.3 is 10.2 Å². The highest BCUT2D eigenvalue weighted by atomic mass is 19.4. The Morgan fingerprint density at radius 2 is 1.70 bits per heavy atom. The summed E-state index contributed by atoms with van der Waals surface area (Å²) in [6.07, 6.45) is -4.69. The Labute approximate surface area is 135 Å². The predicted molar refractivity (Wildman–Crippen MR) is 83.1 cm³/mol. The van der Waals surface area contributed by atoms with Crippen molar-refractivity contribution in [1.29, 1.82) is 0 Å². The number of hydrogen-bond donors (Lipinski definition) is 2. The van der Waals surface area contributed by atoms with Crippen molar-refractivity contribution in [1.82, 2.24) is 9.80 Å². The van der Waals surface area contributed by atoms with Crippen LogP contribution in [0.4, 0.5) is 13.2 Å². The molecule has 0 aliphatic carbocycles. The average molecular weight is 334 g/mol. The van der Waals surface area contributed by atoms with E-state index in [0.717, 1.165) is 10.5 Å². The number of halogens is 3. The van der Waals surface area contributed by atoms with Gasteiger partial charge in [0.15, 0.2) is 0 Å². The highest BCUT2D eigenvalue weighted by Crippen LogP contribution is 2.23. The number of aliphatic hydroxyl groups is 2. The summed E-state index contributed by atoms with van der Waals surface area (Å²) in [5.41, 5.74) is 1.000. The lowest BCUT2D eigenvalue weighted by molar-refractivity contribution is -0.145. The highest BCUT2D eigenvalue weighted by Gasteiger charge is 2.30. The van der Waals surface area contributed by atoms with Gasteiger partial charge >= 0.3 is 6.18 Å². The second-order valence-corrected chi connectivity index (χ2v) is 5.84. The molecule has 2 N–H and O–H groups in total. The summed E-state index contributed by atoms with van der Waals surface area (Å²) in [4.78, 5) is 2.92. The first kappa shape index (κ1) is 19.9. The third kappa shape index (κ3) is 7.78. The first-order valence-corrected chi connectivity index (χ1v) is 7.52. The molecule has 0 aliphatic heterocycles. The fraction of sp³-hybridized carbons (Fsp3) is 0.625. The molecule has 0 aliphatic rings. The Kier molecular flexibility index (Phi) is 7.98. The molecule has 1 rings (SSSR count). The van der Waals surface area contributed by atoms with Gasteiger partial charge in [0, 0.05) is 25.7 Å². The Morgan fingerprint density at radius 1 is 1.09 bits per heavy atom. The zero-order chi connectivity index (χ0) is 17.5. The number of benzene rings is 1. The molecule has 0 radical (unpaired) electrons. The van der Waals surface area contributed by atoms with E-state index in [2.05, 4.69) is 0 Å². The molecule has 0 spiro atoms. The van der Waals surface area contributed by atoms with E-state index in [-0.39, 0.29) is 25.7 Å². The maximum Gasteiger partial charge on any atom is 0.401 e. The maximum atomic E-state index is 12.3. The van der Waals surface area contributed by atoms with Crippen molar-refractivity contribution in [3.63, 3.8) is 0 Å². The van der Waals surface area contributed by atoms with E-state index in [1.165, 1.54) is 7.05 Å². The Bertz CT molecular complexity index is 443. The van der Waals surface area contributed by atoms with Gasteiger partial charge in [-0.3, -0.25) is 9.80 Å². The summed E-state index contributed by atoms with van der Waals surface area (Å²) in [6, 6.07) is 9.43. The first-order chi connectivity index (χ1) is 10.7. The Hall–Kier alpha value is -1.15. The Morgan fingerprint density at radius 3 is 2.22 bits per heavy atom. The van der Waals surface area contributed by atoms with Crippen LogP contribution in [0.25, 0.3) is 0 Å². The van der Waals surface area contributed by atoms with E-state index < -0.39 is 18.8 Å². The van der Waals surface area contributed by atoms with Crippen LogP contribution >= 0.6 is 0 Å². The second-order valence-electron chi connectivity index (χ2n) is 5.84. The Balaban J connectivity index is 2.59. The summed E-state index contributed by atoms with van der Waals surface area (Å²) in [7, 11) is 3.12. The average Bonchev–Trinajstić information content (AvgIpc) is 2.43. The molecule has 2 unspecified atom stereocenters. The standard InChI is InChI=1S/C16H25F3N2O2/c1-20(12-16(17,18)19)10-14(23)11-21(2)15(8-9-22)13-6-4-3-5-7-13/h3-7,14-15,22-23H,8-12H2,1-2H3. The van der Waals surface area contributed by atoms with E-state index in [1.807, 2.05) is 35.2 Å². The molecule has 0 saturated carbocycles. The van der Waals surface area contributed by atoms with Gasteiger partial charge in [-0.2, -0.15) is 13.2 Å². The number of nitrogens with zero attached hydrogens (tertiary/aromatic N) is 2. The summed E-state index contributed by atoms with van der Waals surface area (Å²) in [5, 5.41) is 19.3. The van der Waals surface area contributed by atoms with Crippen LogP contribution in [-0.2, 0) is 0 Å². The largest absolute Gasteiger partial charge is 0.401 e. The smallest absolute Gasteiger partial charge is 0.396 e. The number of hydrogen-bond acceptors (Lipinski definition) is 4. The van der Waals surface area contributed by atoms with Crippen molar-refractivity contribution < 1.29 is 23.4 Å². The SMILES string of the molecule is CN(CC(O)CN(C)C(CCO)c1ccccc1)CC(F)(F)F. The minimum absolute atomic E-state index is 0.00598. The lowest BCUT2D eigenvalue weighted by Gasteiger charge is -2.31. The van der Waals surface area contributed by atoms with E-state index in [4.69, 9.17) is 0 Å². The molecule has 0 aromatic heterocycles. The first-order valence-electron chi connectivity index (χ1n) is 7.52. The zero-order valence-corrected chi connectivity index (χ0v) is 13.5. The number of rotatable bonds is 9. The van der Waals surface area contributed by atoms with Gasteiger partial charge in [0.2, 0.25) is 0 Å². The van der Waals surface area contributed by atoms with Crippen molar-refractivity contribution in [2.45, 2.75) is 24.7 Å². The van der Waals surface area contributed by atoms with Crippen LogP contribution in [0.15, 0.2) is 30.3 Å². The molecule has 7 heteroatoms. The van der Waals surface area contributed by atoms with E-state index in [1.54, 1.807) is 7.05 Å². The molecule has 1 aromatic carbocycles. The van der Waals surface area contributed by atoms with Gasteiger partial charge in [-0.05, 0) is 26.1 Å². The van der Waals surface area contributed by atoms with Crippen LogP contribution in [0.5, 0.6) is 0 Å². The van der Waals surface area contributed by atoms with Gasteiger partial charge in [-0.25, -0.2) is 0 Å². The van der Waals surface area contributed by atoms with Crippen LogP contribution in [-0.4, -0.2) is 72.6 Å². The van der Waals surface area contributed by atoms with E-state index in [9.17, 15) is 23.4 Å². The molecule has 132 valence electrons. The van der Waals surface area contributed by atoms with Crippen molar-refractivity contribution in [2.24, 2.45) is 0 Å². The van der Waals surface area contributed by atoms with Crippen LogP contribution in [0.2, 0.25) is 0 Å². The third-order valence-corrected chi connectivity index (χ3v) is 3.59. The molecule has 0 amide bonds. The maximum absolute atomic E-state index is 12.3. The predicted octanol–water partition coefficient (Wildman–Crippen LogP) is 1.90. The summed E-state index contributed by atoms with van der Waals surface area (Å²) >= 11 is 0. The number of likely N-dealkylation sites (N-methyl/N-ethyl adjacent to an activating group) is 2. The fourth-order valence-corrected chi connectivity index (χ4v) is 2.69. The van der Waals surface area contributed by atoms with Crippen LogP contribution in [0, 0.1) is 0 Å². The quantitative estimate of drug-likeness (QED) is 0.724. The minimum atomic E-state index is -4.27. The van der Waals surface area contributed by atoms with Crippen molar-refractivity contribution in [3.05, 3.63) is 35.9 Å². The lowest BCUT2D eigenvalue weighted by atomic mass is 10.0. The summed E-state index contributed by atoms with van der Waals surface area (Å²) < 4.78 is 36.9. The molecular formula is C16H25F3N2O2. The van der Waals surface area contributed by atoms with Crippen LogP contribution in [0.3, 0.4) is 0 Å². The van der Waals surface area contributed by atoms with Crippen molar-refractivity contribution in [2.75, 3.05) is 40.3 Å². The number of aliphatic hydroxyl groups excluding tert-OH is 2. The molecule has 4 nitrogen and oxygen atoms in total. The minimum Gasteiger partial charge on any atom is -0.396 e. The van der Waals surface area contributed by atoms with Gasteiger partial charge in [-0.15, -0.1) is 0 Å². The second kappa shape index (κ2) is 9.22. The van der Waals surface area contributed by atoms with E-state index >= 15 is 0 Å².